The molecule has 1 aliphatic carbocycles. The summed E-state index contributed by atoms with van der Waals surface area (Å²) in [7, 11) is 0. The smallest absolute Gasteiger partial charge is 0.317 e. The fourth-order valence-corrected chi connectivity index (χ4v) is 4.84. The van der Waals surface area contributed by atoms with Crippen LogP contribution in [0.3, 0.4) is 0 Å². The Labute approximate surface area is 189 Å². The Balaban J connectivity index is 1.14. The Hall–Kier alpha value is -2.89. The molecular formula is C26H32N2O4. The van der Waals surface area contributed by atoms with Crippen LogP contribution in [0, 0.1) is 11.8 Å². The van der Waals surface area contributed by atoms with Gasteiger partial charge in [0.15, 0.2) is 11.5 Å². The number of urea groups is 1. The van der Waals surface area contributed by atoms with Crippen LogP contribution < -0.4 is 14.8 Å². The van der Waals surface area contributed by atoms with Gasteiger partial charge in [-0.1, -0.05) is 18.2 Å². The van der Waals surface area contributed by atoms with Crippen molar-refractivity contribution in [1.82, 2.24) is 10.2 Å². The number of amides is 2. The van der Waals surface area contributed by atoms with Crippen molar-refractivity contribution in [2.45, 2.75) is 44.6 Å². The molecule has 1 saturated heterocycles. The molecule has 2 aromatic rings. The van der Waals surface area contributed by atoms with Gasteiger partial charge in [-0.25, -0.2) is 4.79 Å². The van der Waals surface area contributed by atoms with Gasteiger partial charge in [0.1, 0.15) is 19.0 Å². The number of benzene rings is 2. The predicted octanol–water partition coefficient (Wildman–Crippen LogP) is 4.67. The number of hydrogen-bond donors (Lipinski definition) is 2. The number of fused-ring (bicyclic) bond motifs is 1. The summed E-state index contributed by atoms with van der Waals surface area (Å²) in [6.45, 7) is 2.77. The van der Waals surface area contributed by atoms with Gasteiger partial charge in [0.2, 0.25) is 0 Å². The summed E-state index contributed by atoms with van der Waals surface area (Å²) in [6.07, 6.45) is 6.54. The normalized spacial score (nSPS) is 19.4. The van der Waals surface area contributed by atoms with Crippen LogP contribution in [0.2, 0.25) is 0 Å². The summed E-state index contributed by atoms with van der Waals surface area (Å²) in [5.41, 5.74) is 2.36. The summed E-state index contributed by atoms with van der Waals surface area (Å²) in [4.78, 5) is 15.0. The van der Waals surface area contributed by atoms with Gasteiger partial charge < -0.3 is 24.8 Å². The fraction of sp³-hybridized carbons (Fsp3) is 0.500. The van der Waals surface area contributed by atoms with Crippen LogP contribution in [0.15, 0.2) is 42.5 Å². The Morgan fingerprint density at radius 1 is 1.00 bits per heavy atom. The van der Waals surface area contributed by atoms with Gasteiger partial charge in [-0.15, -0.1) is 0 Å². The summed E-state index contributed by atoms with van der Waals surface area (Å²) >= 11 is 0. The van der Waals surface area contributed by atoms with Gasteiger partial charge in [0, 0.05) is 13.1 Å². The van der Waals surface area contributed by atoms with E-state index in [1.165, 1.54) is 5.56 Å². The lowest BCUT2D eigenvalue weighted by Crippen LogP contribution is -2.46. The predicted molar refractivity (Wildman–Crippen MR) is 122 cm³/mol. The zero-order valence-corrected chi connectivity index (χ0v) is 18.5. The second-order valence-electron chi connectivity index (χ2n) is 9.30. The van der Waals surface area contributed by atoms with Gasteiger partial charge in [0.05, 0.1) is 6.04 Å². The van der Waals surface area contributed by atoms with Gasteiger partial charge >= 0.3 is 6.03 Å². The van der Waals surface area contributed by atoms with Crippen LogP contribution in [-0.4, -0.2) is 42.3 Å². The number of ether oxygens (including phenoxy) is 2. The summed E-state index contributed by atoms with van der Waals surface area (Å²) in [5, 5.41) is 12.7. The van der Waals surface area contributed by atoms with Crippen LogP contribution in [0.4, 0.5) is 4.79 Å². The SMILES string of the molecule is O=C(N[C@H](c1ccc2c(c1)OCCO2)C1CC1)N1CCC(CCc2ccc(O)cc2)CC1. The molecule has 0 aromatic heterocycles. The quantitative estimate of drug-likeness (QED) is 0.690. The molecule has 170 valence electrons. The number of nitrogens with zero attached hydrogens (tertiary/aromatic N) is 1. The van der Waals surface area contributed by atoms with E-state index < -0.39 is 0 Å². The molecule has 0 bridgehead atoms. The highest BCUT2D eigenvalue weighted by atomic mass is 16.6. The van der Waals surface area contributed by atoms with Crippen molar-refractivity contribution in [3.05, 3.63) is 53.6 Å². The fourth-order valence-electron chi connectivity index (χ4n) is 4.84. The van der Waals surface area contributed by atoms with E-state index in [1.807, 2.05) is 29.2 Å². The highest BCUT2D eigenvalue weighted by Crippen LogP contribution is 2.43. The lowest BCUT2D eigenvalue weighted by molar-refractivity contribution is 0.163. The molecule has 2 N–H and O–H groups in total. The third-order valence-corrected chi connectivity index (χ3v) is 6.98. The van der Waals surface area contributed by atoms with E-state index in [9.17, 15) is 9.90 Å². The van der Waals surface area contributed by atoms with Gasteiger partial charge in [-0.3, -0.25) is 0 Å². The number of aromatic hydroxyl groups is 1. The molecule has 2 amide bonds. The first-order valence-electron chi connectivity index (χ1n) is 11.9. The molecule has 1 saturated carbocycles. The Kier molecular flexibility index (Phi) is 6.10. The highest BCUT2D eigenvalue weighted by Gasteiger charge is 2.35. The van der Waals surface area contributed by atoms with Crippen LogP contribution in [0.1, 0.15) is 49.3 Å². The molecule has 32 heavy (non-hydrogen) atoms. The van der Waals surface area contributed by atoms with Crippen molar-refractivity contribution in [3.8, 4) is 17.2 Å². The van der Waals surface area contributed by atoms with E-state index in [1.54, 1.807) is 12.1 Å². The number of nitrogens with one attached hydrogen (secondary N) is 1. The Bertz CT molecular complexity index is 933. The lowest BCUT2D eigenvalue weighted by atomic mass is 9.90. The number of aryl methyl sites for hydroxylation is 1. The van der Waals surface area contributed by atoms with Crippen molar-refractivity contribution in [2.75, 3.05) is 26.3 Å². The number of phenols is 1. The van der Waals surface area contributed by atoms with Crippen LogP contribution in [0.25, 0.3) is 0 Å². The van der Waals surface area contributed by atoms with E-state index in [2.05, 4.69) is 11.4 Å². The first-order chi connectivity index (χ1) is 15.7. The van der Waals surface area contributed by atoms with E-state index in [4.69, 9.17) is 9.47 Å². The van der Waals surface area contributed by atoms with Gasteiger partial charge in [0.25, 0.3) is 0 Å². The number of likely N-dealkylation sites (tertiary alicyclic amines) is 1. The molecule has 0 radical (unpaired) electrons. The van der Waals surface area contributed by atoms with Crippen molar-refractivity contribution in [2.24, 2.45) is 11.8 Å². The van der Waals surface area contributed by atoms with Crippen LogP contribution >= 0.6 is 0 Å². The minimum Gasteiger partial charge on any atom is -0.508 e. The molecule has 5 rings (SSSR count). The number of carbonyl (C=O) groups excluding carboxylic acids is 1. The molecule has 0 unspecified atom stereocenters. The molecule has 2 aromatic carbocycles. The maximum Gasteiger partial charge on any atom is 0.317 e. The van der Waals surface area contributed by atoms with Crippen molar-refractivity contribution in [1.29, 1.82) is 0 Å². The second kappa shape index (κ2) is 9.31. The minimum absolute atomic E-state index is 0.0329. The molecule has 6 nitrogen and oxygen atoms in total. The third-order valence-electron chi connectivity index (χ3n) is 6.98. The van der Waals surface area contributed by atoms with Gasteiger partial charge in [-0.2, -0.15) is 0 Å². The summed E-state index contributed by atoms with van der Waals surface area (Å²) < 4.78 is 11.4. The van der Waals surface area contributed by atoms with E-state index >= 15 is 0 Å². The molecule has 2 aliphatic heterocycles. The largest absolute Gasteiger partial charge is 0.508 e. The van der Waals surface area contributed by atoms with E-state index in [-0.39, 0.29) is 12.1 Å². The van der Waals surface area contributed by atoms with Crippen molar-refractivity contribution in [3.63, 3.8) is 0 Å². The number of hydrogen-bond acceptors (Lipinski definition) is 4. The third kappa shape index (κ3) is 4.95. The molecule has 1 atom stereocenters. The first kappa shape index (κ1) is 21.0. The molecule has 6 heteroatoms. The summed E-state index contributed by atoms with van der Waals surface area (Å²) in [6, 6.07) is 13.6. The Morgan fingerprint density at radius 2 is 1.72 bits per heavy atom. The highest BCUT2D eigenvalue weighted by molar-refractivity contribution is 5.75. The first-order valence-corrected chi connectivity index (χ1v) is 11.9. The standard InChI is InChI=1S/C26H32N2O4/c29-22-8-3-18(4-9-22)1-2-19-11-13-28(14-12-19)26(30)27-25(20-5-6-20)21-7-10-23-24(17-21)32-16-15-31-23/h3-4,7-10,17,19-20,25,29H,1-2,5-6,11-16H2,(H,27,30)/t25-/m0/s1. The number of piperidine rings is 1. The zero-order valence-electron chi connectivity index (χ0n) is 18.5. The molecule has 2 fully saturated rings. The maximum atomic E-state index is 13.1. The zero-order chi connectivity index (χ0) is 21.9. The van der Waals surface area contributed by atoms with Crippen LogP contribution in [0.5, 0.6) is 17.2 Å². The summed E-state index contributed by atoms with van der Waals surface area (Å²) in [5.74, 6) is 3.03. The lowest BCUT2D eigenvalue weighted by Gasteiger charge is -2.33. The number of phenolic OH excluding ortho intramolecular Hbond substituents is 1. The average Bonchev–Trinajstić information content (AvgIpc) is 3.67. The number of rotatable bonds is 6. The molecule has 2 heterocycles. The van der Waals surface area contributed by atoms with Crippen molar-refractivity contribution < 1.29 is 19.4 Å². The monoisotopic (exact) mass is 436 g/mol. The maximum absolute atomic E-state index is 13.1. The topological polar surface area (TPSA) is 71.0 Å². The molecule has 0 spiro atoms. The molecular weight excluding hydrogens is 404 g/mol. The van der Waals surface area contributed by atoms with Crippen molar-refractivity contribution >= 4 is 6.03 Å². The second-order valence-corrected chi connectivity index (χ2v) is 9.30. The minimum atomic E-state index is 0.0329. The average molecular weight is 437 g/mol. The van der Waals surface area contributed by atoms with E-state index in [0.29, 0.717) is 30.8 Å². The van der Waals surface area contributed by atoms with Gasteiger partial charge in [-0.05, 0) is 85.8 Å². The van der Waals surface area contributed by atoms with E-state index in [0.717, 1.165) is 68.7 Å². The molecule has 3 aliphatic rings. The van der Waals surface area contributed by atoms with Crippen LogP contribution in [-0.2, 0) is 6.42 Å². The number of carbonyl (C=O) groups is 1. The Morgan fingerprint density at radius 3 is 2.44 bits per heavy atom.